The van der Waals surface area contributed by atoms with Gasteiger partial charge in [0.2, 0.25) is 0 Å². The molecule has 1 heterocycles. The van der Waals surface area contributed by atoms with Crippen LogP contribution >= 0.6 is 0 Å². The molecule has 1 saturated carbocycles. The number of fused-ring (bicyclic) bond motifs is 1. The van der Waals surface area contributed by atoms with E-state index in [0.717, 1.165) is 31.2 Å². The van der Waals surface area contributed by atoms with Crippen molar-refractivity contribution in [2.45, 2.75) is 56.1 Å². The van der Waals surface area contributed by atoms with Crippen LogP contribution in [0.1, 0.15) is 55.5 Å². The first-order chi connectivity index (χ1) is 11.5. The zero-order valence-corrected chi connectivity index (χ0v) is 14.7. The SMILES string of the molecule is CS(=O)(=O)C1(c2noc(-c3ccc4c(c3)CCCC4)n2)CCCC1. The van der Waals surface area contributed by atoms with E-state index in [1.165, 1.54) is 30.2 Å². The van der Waals surface area contributed by atoms with Crippen LogP contribution in [0.4, 0.5) is 0 Å². The molecule has 0 bridgehead atoms. The monoisotopic (exact) mass is 346 g/mol. The third-order valence-corrected chi connectivity index (χ3v) is 7.56. The van der Waals surface area contributed by atoms with Gasteiger partial charge in [-0.15, -0.1) is 0 Å². The van der Waals surface area contributed by atoms with Crippen molar-refractivity contribution < 1.29 is 12.9 Å². The lowest BCUT2D eigenvalue weighted by atomic mass is 9.90. The summed E-state index contributed by atoms with van der Waals surface area (Å²) in [4.78, 5) is 4.49. The first-order valence-corrected chi connectivity index (χ1v) is 10.5. The lowest BCUT2D eigenvalue weighted by Crippen LogP contribution is -2.33. The number of aromatic nitrogens is 2. The Morgan fingerprint density at radius 3 is 2.46 bits per heavy atom. The van der Waals surface area contributed by atoms with E-state index in [2.05, 4.69) is 22.3 Å². The predicted octanol–water partition coefficient (Wildman–Crippen LogP) is 3.43. The number of hydrogen-bond donors (Lipinski definition) is 0. The molecular formula is C18H22N2O3S. The Kier molecular flexibility index (Phi) is 3.75. The normalized spacial score (nSPS) is 20.0. The van der Waals surface area contributed by atoms with Gasteiger partial charge in [0.1, 0.15) is 4.75 Å². The molecule has 0 saturated heterocycles. The van der Waals surface area contributed by atoms with Gasteiger partial charge in [0.05, 0.1) is 0 Å². The largest absolute Gasteiger partial charge is 0.334 e. The molecule has 0 unspecified atom stereocenters. The predicted molar refractivity (Wildman–Crippen MR) is 91.4 cm³/mol. The number of benzene rings is 1. The summed E-state index contributed by atoms with van der Waals surface area (Å²) < 4.78 is 29.2. The summed E-state index contributed by atoms with van der Waals surface area (Å²) in [5.41, 5.74) is 3.63. The smallest absolute Gasteiger partial charge is 0.257 e. The Hall–Kier alpha value is -1.69. The first kappa shape index (κ1) is 15.8. The summed E-state index contributed by atoms with van der Waals surface area (Å²) in [5.74, 6) is 0.753. The highest BCUT2D eigenvalue weighted by Gasteiger charge is 2.48. The van der Waals surface area contributed by atoms with E-state index in [4.69, 9.17) is 4.52 Å². The van der Waals surface area contributed by atoms with E-state index in [1.54, 1.807) is 0 Å². The van der Waals surface area contributed by atoms with E-state index in [1.807, 2.05) is 6.07 Å². The van der Waals surface area contributed by atoms with Crippen LogP contribution in [-0.4, -0.2) is 24.8 Å². The Labute approximate surface area is 142 Å². The van der Waals surface area contributed by atoms with Gasteiger partial charge in [-0.3, -0.25) is 0 Å². The molecule has 2 aromatic rings. The van der Waals surface area contributed by atoms with Crippen LogP contribution in [0.2, 0.25) is 0 Å². The van der Waals surface area contributed by atoms with Gasteiger partial charge in [-0.25, -0.2) is 8.42 Å². The van der Waals surface area contributed by atoms with Gasteiger partial charge in [-0.05, 0) is 61.8 Å². The van der Waals surface area contributed by atoms with E-state index >= 15 is 0 Å². The number of nitrogens with zero attached hydrogens (tertiary/aromatic N) is 2. The maximum absolute atomic E-state index is 12.4. The summed E-state index contributed by atoms with van der Waals surface area (Å²) in [6, 6.07) is 6.26. The number of aryl methyl sites for hydroxylation is 2. The Morgan fingerprint density at radius 2 is 1.75 bits per heavy atom. The molecule has 0 aliphatic heterocycles. The van der Waals surface area contributed by atoms with Crippen LogP contribution in [0.15, 0.2) is 22.7 Å². The molecule has 0 spiro atoms. The van der Waals surface area contributed by atoms with Crippen molar-refractivity contribution in [3.05, 3.63) is 35.2 Å². The van der Waals surface area contributed by atoms with Crippen molar-refractivity contribution in [2.75, 3.05) is 6.26 Å². The number of rotatable bonds is 3. The lowest BCUT2D eigenvalue weighted by molar-refractivity contribution is 0.405. The molecule has 1 fully saturated rings. The van der Waals surface area contributed by atoms with Crippen molar-refractivity contribution in [1.82, 2.24) is 10.1 Å². The van der Waals surface area contributed by atoms with Crippen LogP contribution in [0.3, 0.4) is 0 Å². The van der Waals surface area contributed by atoms with Gasteiger partial charge < -0.3 is 4.52 Å². The fourth-order valence-electron chi connectivity index (χ4n) is 4.10. The summed E-state index contributed by atoms with van der Waals surface area (Å²) in [6.45, 7) is 0. The molecule has 0 atom stereocenters. The Morgan fingerprint density at radius 1 is 1.04 bits per heavy atom. The lowest BCUT2D eigenvalue weighted by Gasteiger charge is -2.22. The Balaban J connectivity index is 1.73. The minimum atomic E-state index is -3.29. The fourth-order valence-corrected chi connectivity index (χ4v) is 5.54. The van der Waals surface area contributed by atoms with E-state index in [9.17, 15) is 8.42 Å². The average Bonchev–Trinajstić information content (AvgIpc) is 3.23. The van der Waals surface area contributed by atoms with Crippen molar-refractivity contribution in [2.24, 2.45) is 0 Å². The molecule has 128 valence electrons. The maximum atomic E-state index is 12.4. The van der Waals surface area contributed by atoms with Crippen molar-refractivity contribution in [1.29, 1.82) is 0 Å². The molecule has 2 aliphatic rings. The third kappa shape index (κ3) is 2.48. The van der Waals surface area contributed by atoms with Crippen molar-refractivity contribution in [3.63, 3.8) is 0 Å². The molecule has 6 heteroatoms. The molecule has 4 rings (SSSR count). The highest BCUT2D eigenvalue weighted by molar-refractivity contribution is 7.91. The minimum Gasteiger partial charge on any atom is -0.334 e. The highest BCUT2D eigenvalue weighted by Crippen LogP contribution is 2.44. The second-order valence-electron chi connectivity index (χ2n) is 7.09. The first-order valence-electron chi connectivity index (χ1n) is 8.66. The van der Waals surface area contributed by atoms with Gasteiger partial charge in [0.25, 0.3) is 5.89 Å². The minimum absolute atomic E-state index is 0.329. The molecule has 0 amide bonds. The second kappa shape index (κ2) is 5.69. The topological polar surface area (TPSA) is 73.1 Å². The summed E-state index contributed by atoms with van der Waals surface area (Å²) >= 11 is 0. The fraction of sp³-hybridized carbons (Fsp3) is 0.556. The van der Waals surface area contributed by atoms with Gasteiger partial charge in [0, 0.05) is 11.8 Å². The molecule has 24 heavy (non-hydrogen) atoms. The molecule has 1 aromatic heterocycles. The van der Waals surface area contributed by atoms with Crippen LogP contribution in [0, 0.1) is 0 Å². The van der Waals surface area contributed by atoms with E-state index in [-0.39, 0.29) is 0 Å². The van der Waals surface area contributed by atoms with Crippen molar-refractivity contribution >= 4 is 9.84 Å². The molecular weight excluding hydrogens is 324 g/mol. The Bertz CT molecular complexity index is 864. The molecule has 0 radical (unpaired) electrons. The maximum Gasteiger partial charge on any atom is 0.257 e. The quantitative estimate of drug-likeness (QED) is 0.851. The second-order valence-corrected chi connectivity index (χ2v) is 9.41. The van der Waals surface area contributed by atoms with Gasteiger partial charge in [0.15, 0.2) is 15.7 Å². The zero-order chi connectivity index (χ0) is 16.8. The molecule has 1 aromatic carbocycles. The summed E-state index contributed by atoms with van der Waals surface area (Å²) in [6.07, 6.45) is 8.87. The summed E-state index contributed by atoms with van der Waals surface area (Å²) in [5, 5.41) is 4.06. The van der Waals surface area contributed by atoms with E-state index < -0.39 is 14.6 Å². The van der Waals surface area contributed by atoms with Gasteiger partial charge in [-0.2, -0.15) is 4.98 Å². The van der Waals surface area contributed by atoms with Crippen LogP contribution in [0.25, 0.3) is 11.5 Å². The van der Waals surface area contributed by atoms with Crippen LogP contribution < -0.4 is 0 Å². The van der Waals surface area contributed by atoms with Crippen LogP contribution in [-0.2, 0) is 27.4 Å². The standard InChI is InChI=1S/C18H22N2O3S/c1-24(21,22)18(10-4-5-11-18)17-19-16(23-20-17)15-9-8-13-6-2-3-7-14(13)12-15/h8-9,12H,2-7,10-11H2,1H3. The van der Waals surface area contributed by atoms with E-state index in [0.29, 0.717) is 24.6 Å². The van der Waals surface area contributed by atoms with Crippen LogP contribution in [0.5, 0.6) is 0 Å². The number of hydrogen-bond acceptors (Lipinski definition) is 5. The summed E-state index contributed by atoms with van der Waals surface area (Å²) in [7, 11) is -3.29. The van der Waals surface area contributed by atoms with Gasteiger partial charge in [-0.1, -0.05) is 24.1 Å². The van der Waals surface area contributed by atoms with Gasteiger partial charge >= 0.3 is 0 Å². The third-order valence-electron chi connectivity index (χ3n) is 5.55. The highest BCUT2D eigenvalue weighted by atomic mass is 32.2. The zero-order valence-electron chi connectivity index (χ0n) is 13.9. The molecule has 5 nitrogen and oxygen atoms in total. The molecule has 2 aliphatic carbocycles. The van der Waals surface area contributed by atoms with Crippen molar-refractivity contribution in [3.8, 4) is 11.5 Å². The number of sulfone groups is 1. The average molecular weight is 346 g/mol. The molecule has 0 N–H and O–H groups in total.